The van der Waals surface area contributed by atoms with Gasteiger partial charge in [0.05, 0.1) is 25.3 Å². The summed E-state index contributed by atoms with van der Waals surface area (Å²) in [6.45, 7) is 3.71. The first-order valence-corrected chi connectivity index (χ1v) is 8.74. The average Bonchev–Trinajstić information content (AvgIpc) is 3.15. The second-order valence-electron chi connectivity index (χ2n) is 6.75. The molecule has 0 radical (unpaired) electrons. The van der Waals surface area contributed by atoms with Crippen LogP contribution in [0.4, 0.5) is 0 Å². The number of hydrogen-bond acceptors (Lipinski definition) is 5. The van der Waals surface area contributed by atoms with Crippen LogP contribution >= 0.6 is 0 Å². The maximum atomic E-state index is 13.2. The van der Waals surface area contributed by atoms with Crippen molar-refractivity contribution in [3.05, 3.63) is 48.0 Å². The molecule has 25 heavy (non-hydrogen) atoms. The van der Waals surface area contributed by atoms with Crippen molar-refractivity contribution in [2.24, 2.45) is 0 Å². The van der Waals surface area contributed by atoms with Crippen molar-refractivity contribution < 1.29 is 9.53 Å². The van der Waals surface area contributed by atoms with Gasteiger partial charge in [-0.1, -0.05) is 18.2 Å². The van der Waals surface area contributed by atoms with Gasteiger partial charge in [-0.2, -0.15) is 5.10 Å². The highest BCUT2D eigenvalue weighted by Crippen LogP contribution is 2.24. The van der Waals surface area contributed by atoms with E-state index < -0.39 is 0 Å². The molecule has 7 heteroatoms. The van der Waals surface area contributed by atoms with Crippen molar-refractivity contribution in [3.63, 3.8) is 0 Å². The van der Waals surface area contributed by atoms with E-state index in [4.69, 9.17) is 4.74 Å². The zero-order chi connectivity index (χ0) is 17.2. The number of aromatic nitrogens is 3. The number of carbonyl (C=O) groups excluding carboxylic acids is 1. The van der Waals surface area contributed by atoms with E-state index in [0.717, 1.165) is 43.8 Å². The number of piperidine rings is 1. The number of fused-ring (bicyclic) bond motifs is 1. The van der Waals surface area contributed by atoms with Crippen molar-refractivity contribution in [1.82, 2.24) is 24.6 Å². The van der Waals surface area contributed by atoms with Gasteiger partial charge in [0.1, 0.15) is 12.7 Å². The highest BCUT2D eigenvalue weighted by molar-refractivity contribution is 5.95. The summed E-state index contributed by atoms with van der Waals surface area (Å²) in [5, 5.41) is 4.15. The Morgan fingerprint density at radius 3 is 3.04 bits per heavy atom. The van der Waals surface area contributed by atoms with Gasteiger partial charge in [0, 0.05) is 25.2 Å². The van der Waals surface area contributed by atoms with Gasteiger partial charge in [0.15, 0.2) is 0 Å². The summed E-state index contributed by atoms with van der Waals surface area (Å²) in [7, 11) is 2.12. The van der Waals surface area contributed by atoms with Crippen molar-refractivity contribution in [2.45, 2.75) is 25.1 Å². The van der Waals surface area contributed by atoms with E-state index >= 15 is 0 Å². The Balaban J connectivity index is 1.53. The number of nitrogens with zero attached hydrogens (tertiary/aromatic N) is 5. The molecule has 0 spiro atoms. The van der Waals surface area contributed by atoms with Crippen LogP contribution in [0.1, 0.15) is 22.3 Å². The predicted molar refractivity (Wildman–Crippen MR) is 92.2 cm³/mol. The lowest BCUT2D eigenvalue weighted by atomic mass is 9.97. The zero-order valence-corrected chi connectivity index (χ0v) is 14.4. The third kappa shape index (κ3) is 3.29. The maximum Gasteiger partial charge on any atom is 0.254 e. The Bertz CT molecular complexity index is 733. The highest BCUT2D eigenvalue weighted by atomic mass is 16.5. The fourth-order valence-corrected chi connectivity index (χ4v) is 3.75. The van der Waals surface area contributed by atoms with Gasteiger partial charge in [0.2, 0.25) is 0 Å². The molecule has 2 fully saturated rings. The minimum atomic E-state index is 0.0909. The lowest BCUT2D eigenvalue weighted by molar-refractivity contribution is -0.0893. The average molecular weight is 341 g/mol. The number of amides is 1. The number of carbonyl (C=O) groups is 1. The van der Waals surface area contributed by atoms with Crippen molar-refractivity contribution in [3.8, 4) is 0 Å². The van der Waals surface area contributed by atoms with Crippen LogP contribution in [-0.2, 0) is 11.3 Å². The first-order chi connectivity index (χ1) is 12.2. The van der Waals surface area contributed by atoms with Crippen molar-refractivity contribution in [2.75, 3.05) is 33.3 Å². The normalized spacial score (nSPS) is 24.1. The Hall–Kier alpha value is -2.25. The second kappa shape index (κ2) is 6.93. The van der Waals surface area contributed by atoms with Gasteiger partial charge >= 0.3 is 0 Å². The summed E-state index contributed by atoms with van der Waals surface area (Å²) in [6, 6.07) is 8.05. The first kappa shape index (κ1) is 16.2. The summed E-state index contributed by atoms with van der Waals surface area (Å²) in [4.78, 5) is 21.4. The molecule has 0 bridgehead atoms. The topological polar surface area (TPSA) is 63.5 Å². The predicted octanol–water partition coefficient (Wildman–Crippen LogP) is 0.871. The van der Waals surface area contributed by atoms with Crippen LogP contribution < -0.4 is 0 Å². The molecule has 1 amide bonds. The Labute approximate surface area is 147 Å². The molecule has 1 aromatic carbocycles. The van der Waals surface area contributed by atoms with Gasteiger partial charge in [-0.3, -0.25) is 9.69 Å². The summed E-state index contributed by atoms with van der Waals surface area (Å²) >= 11 is 0. The van der Waals surface area contributed by atoms with E-state index in [1.54, 1.807) is 11.0 Å². The number of hydrogen-bond donors (Lipinski definition) is 0. The van der Waals surface area contributed by atoms with Gasteiger partial charge < -0.3 is 9.64 Å². The third-order valence-electron chi connectivity index (χ3n) is 5.20. The lowest BCUT2D eigenvalue weighted by Crippen LogP contribution is -2.59. The summed E-state index contributed by atoms with van der Waals surface area (Å²) in [5.74, 6) is 0.0909. The second-order valence-corrected chi connectivity index (χ2v) is 6.75. The minimum Gasteiger partial charge on any atom is -0.375 e. The molecule has 2 saturated heterocycles. The van der Waals surface area contributed by atoms with E-state index in [2.05, 4.69) is 22.0 Å². The van der Waals surface area contributed by atoms with Gasteiger partial charge in [-0.25, -0.2) is 9.67 Å². The van der Waals surface area contributed by atoms with Crippen LogP contribution in [0.3, 0.4) is 0 Å². The fraction of sp³-hybridized carbons (Fsp3) is 0.500. The van der Waals surface area contributed by atoms with E-state index in [-0.39, 0.29) is 18.1 Å². The maximum absolute atomic E-state index is 13.2. The van der Waals surface area contributed by atoms with Crippen LogP contribution in [0, 0.1) is 0 Å². The van der Waals surface area contributed by atoms with Crippen LogP contribution in [0.25, 0.3) is 0 Å². The van der Waals surface area contributed by atoms with Crippen LogP contribution in [-0.4, -0.2) is 75.9 Å². The molecule has 3 heterocycles. The molecule has 1 aromatic heterocycles. The standard InChI is InChI=1S/C18H23N5O2/c1-21-8-9-25-17-6-7-22(11-16(17)21)18(24)15-5-3-2-4-14(15)10-23-13-19-12-20-23/h2-5,12-13,16-17H,6-11H2,1H3. The van der Waals surface area contributed by atoms with E-state index in [0.29, 0.717) is 6.54 Å². The molecule has 2 atom stereocenters. The molecular weight excluding hydrogens is 318 g/mol. The molecule has 132 valence electrons. The Morgan fingerprint density at radius 1 is 1.32 bits per heavy atom. The molecule has 2 aliphatic heterocycles. The number of rotatable bonds is 3. The van der Waals surface area contributed by atoms with Gasteiger partial charge in [0.25, 0.3) is 5.91 Å². The quantitative estimate of drug-likeness (QED) is 0.829. The molecule has 2 aliphatic rings. The molecule has 2 aromatic rings. The molecule has 0 N–H and O–H groups in total. The Morgan fingerprint density at radius 2 is 2.20 bits per heavy atom. The highest BCUT2D eigenvalue weighted by Gasteiger charge is 2.37. The number of likely N-dealkylation sites (N-methyl/N-ethyl adjacent to an activating group) is 1. The zero-order valence-electron chi connectivity index (χ0n) is 14.4. The molecular formula is C18H23N5O2. The lowest BCUT2D eigenvalue weighted by Gasteiger charge is -2.45. The summed E-state index contributed by atoms with van der Waals surface area (Å²) in [6.07, 6.45) is 4.31. The Kier molecular flexibility index (Phi) is 4.50. The van der Waals surface area contributed by atoms with E-state index in [9.17, 15) is 4.79 Å². The summed E-state index contributed by atoms with van der Waals surface area (Å²) in [5.41, 5.74) is 1.71. The smallest absolute Gasteiger partial charge is 0.254 e. The largest absolute Gasteiger partial charge is 0.375 e. The molecule has 2 unspecified atom stereocenters. The monoisotopic (exact) mass is 341 g/mol. The fourth-order valence-electron chi connectivity index (χ4n) is 3.75. The van der Waals surface area contributed by atoms with Crippen molar-refractivity contribution in [1.29, 1.82) is 0 Å². The van der Waals surface area contributed by atoms with Crippen molar-refractivity contribution >= 4 is 5.91 Å². The number of benzene rings is 1. The first-order valence-electron chi connectivity index (χ1n) is 8.74. The number of ether oxygens (including phenoxy) is 1. The molecule has 0 aliphatic carbocycles. The molecule has 0 saturated carbocycles. The van der Waals surface area contributed by atoms with Crippen LogP contribution in [0.5, 0.6) is 0 Å². The van der Waals surface area contributed by atoms with Crippen LogP contribution in [0.15, 0.2) is 36.9 Å². The third-order valence-corrected chi connectivity index (χ3v) is 5.20. The number of morpholine rings is 1. The van der Waals surface area contributed by atoms with E-state index in [1.807, 2.05) is 29.2 Å². The molecule has 7 nitrogen and oxygen atoms in total. The SMILES string of the molecule is CN1CCOC2CCN(C(=O)c3ccccc3Cn3cncn3)CC21. The summed E-state index contributed by atoms with van der Waals surface area (Å²) < 4.78 is 7.62. The minimum absolute atomic E-state index is 0.0909. The van der Waals surface area contributed by atoms with E-state index in [1.165, 1.54) is 6.33 Å². The van der Waals surface area contributed by atoms with Crippen LogP contribution in [0.2, 0.25) is 0 Å². The molecule has 4 rings (SSSR count). The van der Waals surface area contributed by atoms with Gasteiger partial charge in [-0.05, 0) is 25.1 Å². The number of likely N-dealkylation sites (tertiary alicyclic amines) is 1. The van der Waals surface area contributed by atoms with Gasteiger partial charge in [-0.15, -0.1) is 0 Å².